The molecule has 0 amide bonds. The topological polar surface area (TPSA) is 23.5 Å². The number of rotatable bonds is 6. The summed E-state index contributed by atoms with van der Waals surface area (Å²) in [7, 11) is 0. The molecular weight excluding hydrogens is 855 g/mol. The van der Waals surface area contributed by atoms with Crippen molar-refractivity contribution < 1.29 is 5.11 Å². The summed E-state index contributed by atoms with van der Waals surface area (Å²) in [5.41, 5.74) is 9.12. The Bertz CT molecular complexity index is 4200. The Kier molecular flexibility index (Phi) is 9.89. The summed E-state index contributed by atoms with van der Waals surface area (Å²) in [4.78, 5) is 2.34. The van der Waals surface area contributed by atoms with Crippen molar-refractivity contribution in [3.05, 3.63) is 255 Å². The number of benzene rings is 11. The van der Waals surface area contributed by atoms with Gasteiger partial charge in [-0.3, -0.25) is 0 Å². The van der Waals surface area contributed by atoms with Crippen molar-refractivity contribution in [3.63, 3.8) is 0 Å². The van der Waals surface area contributed by atoms with Crippen LogP contribution in [-0.2, 0) is 0 Å². The molecule has 1 heterocycles. The third-order valence-corrected chi connectivity index (χ3v) is 15.0. The van der Waals surface area contributed by atoms with Gasteiger partial charge in [0.1, 0.15) is 5.75 Å². The average Bonchev–Trinajstić information content (AvgIpc) is 3.81. The molecule has 0 saturated carbocycles. The molecule has 0 fully saturated rings. The number of hydrogen-bond acceptors (Lipinski definition) is 3. The van der Waals surface area contributed by atoms with Crippen molar-refractivity contribution in [2.75, 3.05) is 4.90 Å². The van der Waals surface area contributed by atoms with E-state index in [2.05, 4.69) is 235 Å². The Morgan fingerprint density at radius 1 is 0.275 bits per heavy atom. The van der Waals surface area contributed by atoms with E-state index in [1.54, 1.807) is 0 Å². The third-order valence-electron chi connectivity index (χ3n) is 13.8. The summed E-state index contributed by atoms with van der Waals surface area (Å²) in [6, 6.07) is 91.5. The summed E-state index contributed by atoms with van der Waals surface area (Å²) >= 11 is 1.88. The largest absolute Gasteiger partial charge is 0.507 e. The first-order chi connectivity index (χ1) is 34.2. The summed E-state index contributed by atoms with van der Waals surface area (Å²) in [5, 5.41) is 26.2. The molecule has 69 heavy (non-hydrogen) atoms. The van der Waals surface area contributed by atoms with E-state index in [0.29, 0.717) is 0 Å². The lowest BCUT2D eigenvalue weighted by molar-refractivity contribution is 0.477. The normalized spacial score (nSPS) is 11.5. The van der Waals surface area contributed by atoms with Gasteiger partial charge < -0.3 is 10.0 Å². The first kappa shape index (κ1) is 40.5. The van der Waals surface area contributed by atoms with E-state index in [9.17, 15) is 5.11 Å². The van der Waals surface area contributed by atoms with Crippen LogP contribution in [0.5, 0.6) is 5.75 Å². The smallest absolute Gasteiger partial charge is 0.123 e. The minimum absolute atomic E-state index is 0.226. The predicted octanol–water partition coefficient (Wildman–Crippen LogP) is 19.1. The van der Waals surface area contributed by atoms with Crippen LogP contribution in [0.1, 0.15) is 0 Å². The van der Waals surface area contributed by atoms with Crippen LogP contribution in [0.4, 0.5) is 17.1 Å². The fourth-order valence-electron chi connectivity index (χ4n) is 10.6. The number of phenolic OH excluding ortho intramolecular Hbond substituents is 1. The van der Waals surface area contributed by atoms with Crippen LogP contribution >= 0.6 is 11.3 Å². The maximum Gasteiger partial charge on any atom is 0.123 e. The Labute approximate surface area is 404 Å². The molecule has 0 aliphatic heterocycles. The van der Waals surface area contributed by atoms with Crippen LogP contribution in [-0.4, -0.2) is 5.11 Å². The molecule has 0 bridgehead atoms. The fourth-order valence-corrected chi connectivity index (χ4v) is 11.9. The van der Waals surface area contributed by atoms with E-state index in [-0.39, 0.29) is 5.75 Å². The van der Waals surface area contributed by atoms with Gasteiger partial charge in [-0.05, 0) is 125 Å². The van der Waals surface area contributed by atoms with Crippen LogP contribution in [0, 0.1) is 0 Å². The average molecular weight is 898 g/mol. The zero-order valence-corrected chi connectivity index (χ0v) is 38.4. The molecule has 1 aromatic heterocycles. The second kappa shape index (κ2) is 16.8. The van der Waals surface area contributed by atoms with Crippen molar-refractivity contribution in [3.8, 4) is 39.1 Å². The van der Waals surface area contributed by atoms with Crippen molar-refractivity contribution in [2.45, 2.75) is 0 Å². The van der Waals surface area contributed by atoms with Crippen molar-refractivity contribution in [1.29, 1.82) is 0 Å². The molecule has 0 radical (unpaired) electrons. The molecule has 1 N–H and O–H groups in total. The molecule has 324 valence electrons. The highest BCUT2D eigenvalue weighted by molar-refractivity contribution is 7.26. The Morgan fingerprint density at radius 2 is 0.710 bits per heavy atom. The second-order valence-corrected chi connectivity index (χ2v) is 18.7. The lowest BCUT2D eigenvalue weighted by Gasteiger charge is -2.27. The van der Waals surface area contributed by atoms with E-state index in [4.69, 9.17) is 0 Å². The Balaban J connectivity index is 1.14. The van der Waals surface area contributed by atoms with Gasteiger partial charge >= 0.3 is 0 Å². The number of hydrogen-bond donors (Lipinski definition) is 1. The highest BCUT2D eigenvalue weighted by Crippen LogP contribution is 2.47. The molecule has 2 nitrogen and oxygen atoms in total. The first-order valence-corrected chi connectivity index (χ1v) is 24.3. The van der Waals surface area contributed by atoms with Crippen LogP contribution in [0.25, 0.3) is 107 Å². The highest BCUT2D eigenvalue weighted by atomic mass is 32.1. The van der Waals surface area contributed by atoms with Gasteiger partial charge in [0.2, 0.25) is 0 Å². The van der Waals surface area contributed by atoms with Gasteiger partial charge in [-0.25, -0.2) is 0 Å². The lowest BCUT2D eigenvalue weighted by atomic mass is 9.93. The quantitative estimate of drug-likeness (QED) is 0.180. The van der Waals surface area contributed by atoms with Crippen molar-refractivity contribution >= 4 is 102 Å². The third kappa shape index (κ3) is 6.94. The lowest BCUT2D eigenvalue weighted by Crippen LogP contribution is -2.10. The Hall–Kier alpha value is -8.76. The minimum atomic E-state index is 0.226. The zero-order chi connectivity index (χ0) is 45.8. The number of fused-ring (bicyclic) bond motifs is 14. The highest BCUT2D eigenvalue weighted by Gasteiger charge is 2.20. The van der Waals surface area contributed by atoms with Gasteiger partial charge in [-0.1, -0.05) is 206 Å². The second-order valence-electron chi connectivity index (χ2n) is 17.7. The monoisotopic (exact) mass is 897 g/mol. The minimum Gasteiger partial charge on any atom is -0.507 e. The molecule has 0 aliphatic carbocycles. The van der Waals surface area contributed by atoms with E-state index < -0.39 is 0 Å². The van der Waals surface area contributed by atoms with Crippen molar-refractivity contribution in [1.82, 2.24) is 0 Å². The molecule has 0 spiro atoms. The first-order valence-electron chi connectivity index (χ1n) is 23.5. The summed E-state index contributed by atoms with van der Waals surface area (Å²) in [6.45, 7) is 0. The number of anilines is 3. The van der Waals surface area contributed by atoms with Gasteiger partial charge in [0, 0.05) is 48.2 Å². The maximum atomic E-state index is 11.8. The van der Waals surface area contributed by atoms with E-state index in [1.807, 2.05) is 35.6 Å². The standard InChI is InChI=1S/C66H43NOS/c68-63-40-36-48(42-62(63)50-22-8-7-21-49(50)45-19-5-2-6-20-45)67(46-33-31-44(32-34-46)43-17-3-1-4-18-43)47-35-37-56-59-38-39-60-57-28-15-16-30-64(57)69-66(60)65(59)58-29-14-13-26-54(58)52-24-10-9-23-51(52)53-25-11-12-27-55(53)61(56)41-47/h1-42,68H. The number of nitrogens with zero attached hydrogens (tertiary/aromatic N) is 1. The molecule has 0 aliphatic rings. The predicted molar refractivity (Wildman–Crippen MR) is 297 cm³/mol. The SMILES string of the molecule is Oc1ccc(N(c2ccc(-c3ccccc3)cc2)c2ccc3c(c2)c2ccccc2c2ccccc2c2ccccc2c2c3ccc3c4ccccc4sc32)cc1-c1ccccc1-c1ccccc1. The zero-order valence-electron chi connectivity index (χ0n) is 37.6. The van der Waals surface area contributed by atoms with Crippen molar-refractivity contribution in [2.24, 2.45) is 0 Å². The number of aromatic hydroxyl groups is 1. The fraction of sp³-hybridized carbons (Fsp3) is 0. The Morgan fingerprint density at radius 3 is 1.39 bits per heavy atom. The molecule has 0 unspecified atom stereocenters. The van der Waals surface area contributed by atoms with E-state index in [1.165, 1.54) is 57.9 Å². The van der Waals surface area contributed by atoms with E-state index in [0.717, 1.165) is 66.6 Å². The molecule has 3 heteroatoms. The van der Waals surface area contributed by atoms with Gasteiger partial charge in [-0.15, -0.1) is 11.3 Å². The molecule has 0 saturated heterocycles. The van der Waals surface area contributed by atoms with Crippen LogP contribution in [0.2, 0.25) is 0 Å². The summed E-state index contributed by atoms with van der Waals surface area (Å²) in [6.07, 6.45) is 0. The van der Waals surface area contributed by atoms with Crippen LogP contribution in [0.3, 0.4) is 0 Å². The summed E-state index contributed by atoms with van der Waals surface area (Å²) in [5.74, 6) is 0.226. The molecule has 12 aromatic carbocycles. The van der Waals surface area contributed by atoms with Crippen LogP contribution < -0.4 is 4.90 Å². The van der Waals surface area contributed by atoms with Gasteiger partial charge in [0.25, 0.3) is 0 Å². The van der Waals surface area contributed by atoms with Gasteiger partial charge in [-0.2, -0.15) is 0 Å². The maximum absolute atomic E-state index is 11.8. The van der Waals surface area contributed by atoms with Gasteiger partial charge in [0.15, 0.2) is 0 Å². The van der Waals surface area contributed by atoms with Crippen LogP contribution in [0.15, 0.2) is 255 Å². The molecule has 0 atom stereocenters. The van der Waals surface area contributed by atoms with Gasteiger partial charge in [0.05, 0.1) is 0 Å². The van der Waals surface area contributed by atoms with E-state index >= 15 is 0 Å². The molecular formula is C66H43NOS. The number of thiophene rings is 1. The molecule has 13 aromatic rings. The molecule has 13 rings (SSSR count). The number of phenols is 1. The summed E-state index contributed by atoms with van der Waals surface area (Å²) < 4.78 is 2.57.